The lowest BCUT2D eigenvalue weighted by molar-refractivity contribution is -0.144. The summed E-state index contributed by atoms with van der Waals surface area (Å²) in [6, 6.07) is 10.4. The highest BCUT2D eigenvalue weighted by Crippen LogP contribution is 2.53. The number of carbonyl (C=O) groups is 2. The van der Waals surface area contributed by atoms with E-state index in [4.69, 9.17) is 9.47 Å². The summed E-state index contributed by atoms with van der Waals surface area (Å²) in [6.45, 7) is 4.15. The average molecular weight is 493 g/mol. The number of pyridine rings is 1. The van der Waals surface area contributed by atoms with Crippen molar-refractivity contribution in [3.8, 4) is 11.1 Å². The van der Waals surface area contributed by atoms with Crippen LogP contribution in [0.5, 0.6) is 0 Å². The number of hydrogen-bond acceptors (Lipinski definition) is 5. The van der Waals surface area contributed by atoms with E-state index in [2.05, 4.69) is 16.4 Å². The van der Waals surface area contributed by atoms with E-state index in [0.717, 1.165) is 42.5 Å². The lowest BCUT2D eigenvalue weighted by atomic mass is 9.57. The van der Waals surface area contributed by atoms with Crippen molar-refractivity contribution >= 4 is 18.1 Å². The van der Waals surface area contributed by atoms with E-state index < -0.39 is 0 Å². The number of nitrogens with zero attached hydrogens (tertiary/aromatic N) is 1. The van der Waals surface area contributed by atoms with Crippen molar-refractivity contribution in [3.63, 3.8) is 0 Å². The molecule has 2 heterocycles. The van der Waals surface area contributed by atoms with Gasteiger partial charge in [0.25, 0.3) is 0 Å². The predicted molar refractivity (Wildman–Crippen MR) is 134 cm³/mol. The molecular formula is C29H33FN2O4. The van der Waals surface area contributed by atoms with Crippen molar-refractivity contribution in [2.24, 2.45) is 29.6 Å². The summed E-state index contributed by atoms with van der Waals surface area (Å²) < 4.78 is 24.3. The van der Waals surface area contributed by atoms with Crippen molar-refractivity contribution in [3.05, 3.63) is 60.2 Å². The van der Waals surface area contributed by atoms with Gasteiger partial charge in [-0.1, -0.05) is 24.3 Å². The Kier molecular flexibility index (Phi) is 7.08. The molecule has 7 atom stereocenters. The Labute approximate surface area is 211 Å². The Bertz CT molecular complexity index is 1130. The molecule has 0 spiro atoms. The molecule has 6 nitrogen and oxygen atoms in total. The van der Waals surface area contributed by atoms with Crippen molar-refractivity contribution in [2.75, 3.05) is 6.61 Å². The maximum absolute atomic E-state index is 13.6. The third-order valence-electron chi connectivity index (χ3n) is 8.18. The van der Waals surface area contributed by atoms with Gasteiger partial charge in [-0.3, -0.25) is 9.78 Å². The fourth-order valence-corrected chi connectivity index (χ4v) is 6.64. The van der Waals surface area contributed by atoms with E-state index in [0.29, 0.717) is 18.4 Å². The largest absolute Gasteiger partial charge is 0.462 e. The second kappa shape index (κ2) is 10.4. The number of ether oxygens (including phenoxy) is 2. The van der Waals surface area contributed by atoms with Crippen LogP contribution in [0.1, 0.15) is 45.2 Å². The zero-order chi connectivity index (χ0) is 25.2. The van der Waals surface area contributed by atoms with Gasteiger partial charge in [-0.25, -0.2) is 9.18 Å². The van der Waals surface area contributed by atoms with E-state index in [1.54, 1.807) is 19.2 Å². The molecule has 0 bridgehead atoms. The van der Waals surface area contributed by atoms with E-state index in [1.807, 2.05) is 31.2 Å². The average Bonchev–Trinajstić information content (AvgIpc) is 3.15. The number of hydrogen-bond donors (Lipinski definition) is 1. The molecular weight excluding hydrogens is 459 g/mol. The number of halogens is 1. The minimum Gasteiger partial charge on any atom is -0.462 e. The van der Waals surface area contributed by atoms with Gasteiger partial charge in [0.05, 0.1) is 18.2 Å². The molecule has 0 radical (unpaired) electrons. The van der Waals surface area contributed by atoms with Gasteiger partial charge in [0, 0.05) is 23.7 Å². The molecule has 1 aromatic carbocycles. The fourth-order valence-electron chi connectivity index (χ4n) is 6.64. The van der Waals surface area contributed by atoms with Crippen LogP contribution in [0.25, 0.3) is 17.2 Å². The molecule has 2 saturated carbocycles. The Balaban J connectivity index is 1.34. The quantitative estimate of drug-likeness (QED) is 0.548. The highest BCUT2D eigenvalue weighted by Gasteiger charge is 2.54. The number of esters is 1. The van der Waals surface area contributed by atoms with Crippen LogP contribution in [0, 0.1) is 35.4 Å². The summed E-state index contributed by atoms with van der Waals surface area (Å²) in [5.74, 6) is 0.629. The molecule has 2 aromatic rings. The molecule has 3 aliphatic rings. The van der Waals surface area contributed by atoms with Crippen LogP contribution in [0.3, 0.4) is 0 Å². The second-order valence-electron chi connectivity index (χ2n) is 10.3. The number of fused-ring (bicyclic) bond motifs is 2. The second-order valence-corrected chi connectivity index (χ2v) is 10.3. The van der Waals surface area contributed by atoms with E-state index in [9.17, 15) is 14.0 Å². The normalized spacial score (nSPS) is 31.4. The number of amides is 1. The van der Waals surface area contributed by atoms with Crippen LogP contribution in [0.2, 0.25) is 0 Å². The fraction of sp³-hybridized carbons (Fsp3) is 0.483. The first kappa shape index (κ1) is 24.5. The molecule has 2 aliphatic carbocycles. The Morgan fingerprint density at radius 2 is 2.08 bits per heavy atom. The van der Waals surface area contributed by atoms with Crippen LogP contribution in [-0.4, -0.2) is 35.8 Å². The van der Waals surface area contributed by atoms with Crippen LogP contribution in [0.15, 0.2) is 48.7 Å². The van der Waals surface area contributed by atoms with Gasteiger partial charge in [-0.15, -0.1) is 0 Å². The topological polar surface area (TPSA) is 77.5 Å². The molecule has 7 heteroatoms. The van der Waals surface area contributed by atoms with Gasteiger partial charge in [0.15, 0.2) is 0 Å². The minimum atomic E-state index is -0.368. The number of alkyl carbamates (subject to hydrolysis) is 1. The summed E-state index contributed by atoms with van der Waals surface area (Å²) in [7, 11) is 0. The van der Waals surface area contributed by atoms with Crippen LogP contribution < -0.4 is 5.32 Å². The summed E-state index contributed by atoms with van der Waals surface area (Å²) in [6.07, 6.45) is 9.07. The third-order valence-corrected chi connectivity index (χ3v) is 8.18. The monoisotopic (exact) mass is 492 g/mol. The van der Waals surface area contributed by atoms with Crippen LogP contribution >= 0.6 is 0 Å². The Morgan fingerprint density at radius 1 is 1.22 bits per heavy atom. The van der Waals surface area contributed by atoms with E-state index in [1.165, 1.54) is 12.1 Å². The van der Waals surface area contributed by atoms with E-state index >= 15 is 0 Å². The first-order chi connectivity index (χ1) is 17.4. The molecule has 1 aliphatic heterocycles. The van der Waals surface area contributed by atoms with Crippen molar-refractivity contribution in [1.82, 2.24) is 10.3 Å². The minimum absolute atomic E-state index is 0.0679. The van der Waals surface area contributed by atoms with Crippen molar-refractivity contribution < 1.29 is 23.5 Å². The predicted octanol–water partition coefficient (Wildman–Crippen LogP) is 5.63. The van der Waals surface area contributed by atoms with Crippen LogP contribution in [-0.2, 0) is 14.3 Å². The van der Waals surface area contributed by atoms with Crippen molar-refractivity contribution in [2.45, 2.75) is 51.7 Å². The Morgan fingerprint density at radius 3 is 2.83 bits per heavy atom. The summed E-state index contributed by atoms with van der Waals surface area (Å²) in [4.78, 5) is 29.2. The van der Waals surface area contributed by atoms with Gasteiger partial charge in [-0.2, -0.15) is 0 Å². The van der Waals surface area contributed by atoms with Crippen LogP contribution in [0.4, 0.5) is 9.18 Å². The lowest BCUT2D eigenvalue weighted by Gasteiger charge is -2.47. The number of rotatable bonds is 5. The number of allylic oxidation sites excluding steroid dienone is 1. The summed E-state index contributed by atoms with van der Waals surface area (Å²) >= 11 is 0. The molecule has 1 aromatic heterocycles. The standard InChI is InChI=1S/C29H33FN2O4/c1-3-35-29(34)32-23-10-11-24-20(14-23)15-26-27(17(2)36-28(26)33)25(24)12-9-22-8-7-19(16-31-22)18-5-4-6-21(30)13-18/h4-9,12-13,16-17,20,23-27H,3,10-11,14-15H2,1-2H3,(H,32,34)/t17-,20+,23-,24+,25-,26-,27-/m1/s1. The maximum Gasteiger partial charge on any atom is 0.407 e. The van der Waals surface area contributed by atoms with Gasteiger partial charge in [-0.05, 0) is 87.1 Å². The molecule has 1 saturated heterocycles. The molecule has 3 fully saturated rings. The SMILES string of the molecule is CCOC(=O)N[C@@H]1CC[C@H]2[C@@H](C1)C[C@H]1C(=O)O[C@H](C)[C@@H]1[C@@H]2C=Cc1ccc(-c2cccc(F)c2)cn1. The molecule has 190 valence electrons. The molecule has 5 rings (SSSR count). The van der Waals surface area contributed by atoms with E-state index in [-0.39, 0.29) is 47.8 Å². The first-order valence-corrected chi connectivity index (χ1v) is 13.0. The third kappa shape index (κ3) is 5.01. The highest BCUT2D eigenvalue weighted by molar-refractivity contribution is 5.75. The van der Waals surface area contributed by atoms with Gasteiger partial charge in [0.2, 0.25) is 0 Å². The molecule has 1 amide bonds. The number of benzene rings is 1. The zero-order valence-electron chi connectivity index (χ0n) is 20.7. The number of cyclic esters (lactones) is 1. The molecule has 0 unspecified atom stereocenters. The number of nitrogens with one attached hydrogen (secondary N) is 1. The van der Waals surface area contributed by atoms with Gasteiger partial charge in [0.1, 0.15) is 11.9 Å². The maximum atomic E-state index is 13.6. The smallest absolute Gasteiger partial charge is 0.407 e. The highest BCUT2D eigenvalue weighted by atomic mass is 19.1. The lowest BCUT2D eigenvalue weighted by Crippen LogP contribution is -2.48. The first-order valence-electron chi connectivity index (χ1n) is 13.0. The Hall–Kier alpha value is -3.22. The molecule has 1 N–H and O–H groups in total. The van der Waals surface area contributed by atoms with Crippen molar-refractivity contribution in [1.29, 1.82) is 0 Å². The van der Waals surface area contributed by atoms with Gasteiger partial charge < -0.3 is 14.8 Å². The number of carbonyl (C=O) groups excluding carboxylic acids is 2. The number of aromatic nitrogens is 1. The summed E-state index contributed by atoms with van der Waals surface area (Å²) in [5.41, 5.74) is 2.48. The van der Waals surface area contributed by atoms with Gasteiger partial charge >= 0.3 is 12.1 Å². The summed E-state index contributed by atoms with van der Waals surface area (Å²) in [5, 5.41) is 3.00. The molecule has 36 heavy (non-hydrogen) atoms. The zero-order valence-corrected chi connectivity index (χ0v) is 20.7.